The number of aliphatic hydroxyl groups excluding tert-OH is 1. The molecule has 1 atom stereocenters. The number of carbonyl (C=O) groups is 1. The van der Waals surface area contributed by atoms with E-state index in [0.717, 1.165) is 16.9 Å². The molecule has 0 saturated carbocycles. The van der Waals surface area contributed by atoms with E-state index in [1.807, 2.05) is 39.1 Å². The molecule has 1 aromatic carbocycles. The van der Waals surface area contributed by atoms with Gasteiger partial charge in [-0.25, -0.2) is 0 Å². The molecule has 2 rings (SSSR count). The SMILES string of the molecule is Cc1cnn(CCC(=O)NCC(O)c2ccc(OC(C)C)cc2)c1. The maximum atomic E-state index is 11.9. The van der Waals surface area contributed by atoms with Crippen LogP contribution >= 0.6 is 0 Å². The van der Waals surface area contributed by atoms with Gasteiger partial charge in [-0.05, 0) is 44.0 Å². The summed E-state index contributed by atoms with van der Waals surface area (Å²) >= 11 is 0. The van der Waals surface area contributed by atoms with Gasteiger partial charge in [0, 0.05) is 25.7 Å². The van der Waals surface area contributed by atoms with Crippen molar-refractivity contribution in [1.82, 2.24) is 15.1 Å². The molecule has 1 aromatic heterocycles. The smallest absolute Gasteiger partial charge is 0.221 e. The number of rotatable bonds is 8. The van der Waals surface area contributed by atoms with Crippen LogP contribution < -0.4 is 10.1 Å². The molecule has 1 heterocycles. The minimum absolute atomic E-state index is 0.109. The van der Waals surface area contributed by atoms with Gasteiger partial charge in [0.2, 0.25) is 5.91 Å². The number of carbonyl (C=O) groups excluding carboxylic acids is 1. The molecule has 0 radical (unpaired) electrons. The van der Waals surface area contributed by atoms with Crippen LogP contribution in [0.2, 0.25) is 0 Å². The number of nitrogens with one attached hydrogen (secondary N) is 1. The number of ether oxygens (including phenoxy) is 1. The number of aromatic nitrogens is 2. The molecule has 0 fully saturated rings. The highest BCUT2D eigenvalue weighted by Crippen LogP contribution is 2.18. The number of amides is 1. The normalized spacial score (nSPS) is 12.2. The van der Waals surface area contributed by atoms with Crippen molar-refractivity contribution in [3.63, 3.8) is 0 Å². The summed E-state index contributed by atoms with van der Waals surface area (Å²) in [5.41, 5.74) is 1.81. The number of hydrogen-bond acceptors (Lipinski definition) is 4. The van der Waals surface area contributed by atoms with Gasteiger partial charge < -0.3 is 15.2 Å². The Hall–Kier alpha value is -2.34. The average molecular weight is 331 g/mol. The lowest BCUT2D eigenvalue weighted by atomic mass is 10.1. The van der Waals surface area contributed by atoms with Gasteiger partial charge in [0.25, 0.3) is 0 Å². The molecule has 6 heteroatoms. The highest BCUT2D eigenvalue weighted by Gasteiger charge is 2.10. The van der Waals surface area contributed by atoms with Crippen LogP contribution in [0.4, 0.5) is 0 Å². The second-order valence-electron chi connectivity index (χ2n) is 6.09. The van der Waals surface area contributed by atoms with E-state index in [4.69, 9.17) is 4.74 Å². The molecule has 0 bridgehead atoms. The van der Waals surface area contributed by atoms with Crippen LogP contribution in [-0.4, -0.2) is 33.4 Å². The zero-order valence-corrected chi connectivity index (χ0v) is 14.4. The third-order valence-electron chi connectivity index (χ3n) is 3.46. The summed E-state index contributed by atoms with van der Waals surface area (Å²) < 4.78 is 7.30. The van der Waals surface area contributed by atoms with Crippen LogP contribution in [0.5, 0.6) is 5.75 Å². The van der Waals surface area contributed by atoms with Crippen molar-refractivity contribution in [3.05, 3.63) is 47.8 Å². The number of hydrogen-bond donors (Lipinski definition) is 2. The molecule has 0 saturated heterocycles. The van der Waals surface area contributed by atoms with Gasteiger partial charge in [-0.15, -0.1) is 0 Å². The lowest BCUT2D eigenvalue weighted by Gasteiger charge is -2.14. The summed E-state index contributed by atoms with van der Waals surface area (Å²) in [6, 6.07) is 7.25. The quantitative estimate of drug-likeness (QED) is 0.778. The fourth-order valence-electron chi connectivity index (χ4n) is 2.26. The van der Waals surface area contributed by atoms with Crippen LogP contribution in [0.15, 0.2) is 36.7 Å². The van der Waals surface area contributed by atoms with Gasteiger partial charge in [-0.2, -0.15) is 5.10 Å². The molecule has 130 valence electrons. The monoisotopic (exact) mass is 331 g/mol. The first-order valence-electron chi connectivity index (χ1n) is 8.14. The fourth-order valence-corrected chi connectivity index (χ4v) is 2.26. The van der Waals surface area contributed by atoms with Gasteiger partial charge >= 0.3 is 0 Å². The summed E-state index contributed by atoms with van der Waals surface area (Å²) in [7, 11) is 0. The van der Waals surface area contributed by atoms with E-state index in [0.29, 0.717) is 13.0 Å². The molecule has 1 amide bonds. The molecule has 2 aromatic rings. The molecule has 24 heavy (non-hydrogen) atoms. The Balaban J connectivity index is 1.75. The lowest BCUT2D eigenvalue weighted by Crippen LogP contribution is -2.29. The van der Waals surface area contributed by atoms with Gasteiger partial charge in [0.05, 0.1) is 18.4 Å². The number of aliphatic hydroxyl groups is 1. The predicted octanol–water partition coefficient (Wildman–Crippen LogP) is 2.22. The van der Waals surface area contributed by atoms with Gasteiger partial charge in [-0.1, -0.05) is 12.1 Å². The number of benzene rings is 1. The zero-order valence-electron chi connectivity index (χ0n) is 14.4. The van der Waals surface area contributed by atoms with E-state index in [9.17, 15) is 9.90 Å². The van der Waals surface area contributed by atoms with Crippen molar-refractivity contribution >= 4 is 5.91 Å². The average Bonchev–Trinajstić information content (AvgIpc) is 2.96. The molecule has 0 aliphatic carbocycles. The first-order valence-corrected chi connectivity index (χ1v) is 8.14. The maximum absolute atomic E-state index is 11.9. The summed E-state index contributed by atoms with van der Waals surface area (Å²) in [5.74, 6) is 0.654. The topological polar surface area (TPSA) is 76.4 Å². The largest absolute Gasteiger partial charge is 0.491 e. The van der Waals surface area contributed by atoms with E-state index in [1.165, 1.54) is 0 Å². The Kier molecular flexibility index (Phi) is 6.37. The molecule has 6 nitrogen and oxygen atoms in total. The first kappa shape index (κ1) is 18.0. The van der Waals surface area contributed by atoms with Crippen LogP contribution in [0.3, 0.4) is 0 Å². The minimum Gasteiger partial charge on any atom is -0.491 e. The highest BCUT2D eigenvalue weighted by atomic mass is 16.5. The second kappa shape index (κ2) is 8.49. The molecule has 0 spiro atoms. The molecule has 2 N–H and O–H groups in total. The van der Waals surface area contributed by atoms with Crippen molar-refractivity contribution in [3.8, 4) is 5.75 Å². The molecular formula is C18H25N3O3. The van der Waals surface area contributed by atoms with E-state index in [1.54, 1.807) is 23.0 Å². The maximum Gasteiger partial charge on any atom is 0.221 e. The van der Waals surface area contributed by atoms with Crippen molar-refractivity contribution in [2.45, 2.75) is 45.9 Å². The standard InChI is InChI=1S/C18H25N3O3/c1-13(2)24-16-6-4-15(5-7-16)17(22)11-19-18(23)8-9-21-12-14(3)10-20-21/h4-7,10,12-13,17,22H,8-9,11H2,1-3H3,(H,19,23). The van der Waals surface area contributed by atoms with Crippen LogP contribution in [-0.2, 0) is 11.3 Å². The molecule has 1 unspecified atom stereocenters. The fraction of sp³-hybridized carbons (Fsp3) is 0.444. The third kappa shape index (κ3) is 5.70. The molecule has 0 aliphatic heterocycles. The molecular weight excluding hydrogens is 306 g/mol. The summed E-state index contributed by atoms with van der Waals surface area (Å²) in [4.78, 5) is 11.9. The van der Waals surface area contributed by atoms with Gasteiger partial charge in [-0.3, -0.25) is 9.48 Å². The number of nitrogens with zero attached hydrogens (tertiary/aromatic N) is 2. The van der Waals surface area contributed by atoms with Crippen molar-refractivity contribution in [2.75, 3.05) is 6.54 Å². The van der Waals surface area contributed by atoms with Crippen LogP contribution in [0.1, 0.15) is 37.5 Å². The lowest BCUT2D eigenvalue weighted by molar-refractivity contribution is -0.121. The Morgan fingerprint density at radius 3 is 2.62 bits per heavy atom. The van der Waals surface area contributed by atoms with E-state index in [-0.39, 0.29) is 18.6 Å². The first-order chi connectivity index (χ1) is 11.4. The van der Waals surface area contributed by atoms with Crippen molar-refractivity contribution in [1.29, 1.82) is 0 Å². The zero-order chi connectivity index (χ0) is 17.5. The van der Waals surface area contributed by atoms with Gasteiger partial charge in [0.1, 0.15) is 5.75 Å². The van der Waals surface area contributed by atoms with E-state index >= 15 is 0 Å². The van der Waals surface area contributed by atoms with E-state index < -0.39 is 6.10 Å². The Morgan fingerprint density at radius 2 is 2.04 bits per heavy atom. The van der Waals surface area contributed by atoms with Crippen LogP contribution in [0.25, 0.3) is 0 Å². The summed E-state index contributed by atoms with van der Waals surface area (Å²) in [6.45, 7) is 6.58. The predicted molar refractivity (Wildman–Crippen MR) is 91.8 cm³/mol. The van der Waals surface area contributed by atoms with E-state index in [2.05, 4.69) is 10.4 Å². The highest BCUT2D eigenvalue weighted by molar-refractivity contribution is 5.75. The summed E-state index contributed by atoms with van der Waals surface area (Å²) in [5, 5.41) is 17.0. The Morgan fingerprint density at radius 1 is 1.33 bits per heavy atom. The second-order valence-corrected chi connectivity index (χ2v) is 6.09. The van der Waals surface area contributed by atoms with Gasteiger partial charge in [0.15, 0.2) is 0 Å². The Bertz CT molecular complexity index is 650. The van der Waals surface area contributed by atoms with Crippen molar-refractivity contribution < 1.29 is 14.6 Å². The van der Waals surface area contributed by atoms with Crippen molar-refractivity contribution in [2.24, 2.45) is 0 Å². The molecule has 0 aliphatic rings. The Labute approximate surface area is 142 Å². The number of aryl methyl sites for hydroxylation is 2. The van der Waals surface area contributed by atoms with Crippen LogP contribution in [0, 0.1) is 6.92 Å². The summed E-state index contributed by atoms with van der Waals surface area (Å²) in [6.07, 6.45) is 3.35. The third-order valence-corrected chi connectivity index (χ3v) is 3.46. The minimum atomic E-state index is -0.742.